The van der Waals surface area contributed by atoms with E-state index in [1.54, 1.807) is 11.8 Å². The number of amides is 2. The standard InChI is InChI=1S/C28H27Cl2N7OS/c1-2-39-23-11-9-19(29)13-18(23)15-32-28(38)33-22(12-16-6-4-3-5-7-16)27-34-24(25(30)35-27)17-8-10-20-21(14-17)36-37-26(20)31/h3-11,13-14,22H,2,12,15H2,1H3,(H,34,35)(H3,31,36,37)(H2,32,33,38)/t22-/m0/s1. The smallest absolute Gasteiger partial charge is 0.315 e. The third kappa shape index (κ3) is 6.33. The van der Waals surface area contributed by atoms with E-state index in [0.717, 1.165) is 38.2 Å². The van der Waals surface area contributed by atoms with Crippen LogP contribution in [0, 0.1) is 0 Å². The van der Waals surface area contributed by atoms with Gasteiger partial charge in [-0.3, -0.25) is 5.10 Å². The molecule has 0 saturated heterocycles. The lowest BCUT2D eigenvalue weighted by Crippen LogP contribution is -2.38. The van der Waals surface area contributed by atoms with Crippen LogP contribution in [-0.2, 0) is 13.0 Å². The van der Waals surface area contributed by atoms with Crippen LogP contribution < -0.4 is 16.4 Å². The van der Waals surface area contributed by atoms with E-state index < -0.39 is 6.04 Å². The molecule has 200 valence electrons. The van der Waals surface area contributed by atoms with Gasteiger partial charge in [-0.2, -0.15) is 5.10 Å². The molecular formula is C28H27Cl2N7OS. The number of H-pyrrole nitrogens is 2. The molecule has 0 aliphatic rings. The van der Waals surface area contributed by atoms with Crippen LogP contribution in [-0.4, -0.2) is 31.9 Å². The number of rotatable bonds is 9. The lowest BCUT2D eigenvalue weighted by Gasteiger charge is -2.18. The molecule has 2 heterocycles. The van der Waals surface area contributed by atoms with Crippen LogP contribution in [0.4, 0.5) is 10.6 Å². The van der Waals surface area contributed by atoms with Gasteiger partial charge in [-0.25, -0.2) is 9.78 Å². The average molecular weight is 581 g/mol. The number of fused-ring (bicyclic) bond motifs is 1. The number of hydrogen-bond acceptors (Lipinski definition) is 5. The number of benzene rings is 3. The van der Waals surface area contributed by atoms with E-state index in [2.05, 4.69) is 32.7 Å². The number of nitrogens with one attached hydrogen (secondary N) is 4. The van der Waals surface area contributed by atoms with Crippen LogP contribution in [0.2, 0.25) is 10.2 Å². The number of urea groups is 1. The Hall–Kier alpha value is -3.66. The summed E-state index contributed by atoms with van der Waals surface area (Å²) >= 11 is 14.5. The first kappa shape index (κ1) is 26.9. The summed E-state index contributed by atoms with van der Waals surface area (Å²) in [5, 5.41) is 14.8. The minimum absolute atomic E-state index is 0.327. The van der Waals surface area contributed by atoms with Crippen LogP contribution in [0.5, 0.6) is 0 Å². The molecule has 0 unspecified atom stereocenters. The number of imidazole rings is 1. The number of nitrogens with zero attached hydrogens (tertiary/aromatic N) is 2. The van der Waals surface area contributed by atoms with E-state index in [0.29, 0.717) is 40.5 Å². The summed E-state index contributed by atoms with van der Waals surface area (Å²) in [5.41, 5.74) is 10.1. The Balaban J connectivity index is 1.38. The molecule has 2 amide bonds. The van der Waals surface area contributed by atoms with E-state index in [-0.39, 0.29) is 6.03 Å². The monoisotopic (exact) mass is 579 g/mol. The number of carbonyl (C=O) groups excluding carboxylic acids is 1. The highest BCUT2D eigenvalue weighted by Crippen LogP contribution is 2.31. The molecule has 0 aliphatic heterocycles. The molecule has 11 heteroatoms. The number of halogens is 2. The quantitative estimate of drug-likeness (QED) is 0.124. The van der Waals surface area contributed by atoms with Crippen molar-refractivity contribution in [3.8, 4) is 11.3 Å². The van der Waals surface area contributed by atoms with Crippen molar-refractivity contribution in [3.05, 3.63) is 93.9 Å². The molecule has 6 N–H and O–H groups in total. The van der Waals surface area contributed by atoms with Gasteiger partial charge in [-0.1, -0.05) is 66.5 Å². The Bertz CT molecular complexity index is 1600. The van der Waals surface area contributed by atoms with Gasteiger partial charge in [-0.05, 0) is 53.6 Å². The highest BCUT2D eigenvalue weighted by Gasteiger charge is 2.22. The summed E-state index contributed by atoms with van der Waals surface area (Å²) in [6, 6.07) is 20.5. The molecular weight excluding hydrogens is 553 g/mol. The summed E-state index contributed by atoms with van der Waals surface area (Å²) in [5.74, 6) is 1.90. The second-order valence-corrected chi connectivity index (χ2v) is 11.0. The Morgan fingerprint density at radius 1 is 1.10 bits per heavy atom. The first-order valence-electron chi connectivity index (χ1n) is 12.4. The van der Waals surface area contributed by atoms with Crippen molar-refractivity contribution < 1.29 is 4.79 Å². The zero-order valence-corrected chi connectivity index (χ0v) is 23.4. The number of aromatic nitrogens is 4. The van der Waals surface area contributed by atoms with Crippen LogP contribution in [0.3, 0.4) is 0 Å². The zero-order valence-electron chi connectivity index (χ0n) is 21.1. The van der Waals surface area contributed by atoms with Crippen molar-refractivity contribution in [2.24, 2.45) is 0 Å². The number of hydrogen-bond donors (Lipinski definition) is 5. The van der Waals surface area contributed by atoms with Crippen LogP contribution >= 0.6 is 35.0 Å². The highest BCUT2D eigenvalue weighted by atomic mass is 35.5. The van der Waals surface area contributed by atoms with E-state index in [1.165, 1.54) is 0 Å². The lowest BCUT2D eigenvalue weighted by molar-refractivity contribution is 0.236. The number of thioether (sulfide) groups is 1. The largest absolute Gasteiger partial charge is 0.382 e. The van der Waals surface area contributed by atoms with Crippen molar-refractivity contribution >= 4 is 57.7 Å². The van der Waals surface area contributed by atoms with Gasteiger partial charge in [0.25, 0.3) is 0 Å². The van der Waals surface area contributed by atoms with Gasteiger partial charge in [0.1, 0.15) is 16.7 Å². The van der Waals surface area contributed by atoms with Gasteiger partial charge in [0.15, 0.2) is 5.82 Å². The first-order chi connectivity index (χ1) is 18.9. The molecule has 0 saturated carbocycles. The van der Waals surface area contributed by atoms with Gasteiger partial charge in [0.2, 0.25) is 0 Å². The lowest BCUT2D eigenvalue weighted by atomic mass is 10.1. The maximum atomic E-state index is 13.1. The van der Waals surface area contributed by atoms with Crippen molar-refractivity contribution in [3.63, 3.8) is 0 Å². The molecule has 3 aromatic carbocycles. The van der Waals surface area contributed by atoms with Gasteiger partial charge < -0.3 is 21.4 Å². The molecule has 0 radical (unpaired) electrons. The molecule has 0 fully saturated rings. The summed E-state index contributed by atoms with van der Waals surface area (Å²) in [6.07, 6.45) is 0.516. The Morgan fingerprint density at radius 3 is 2.72 bits per heavy atom. The SMILES string of the molecule is CCSc1ccc(Cl)cc1CNC(=O)N[C@@H](Cc1ccccc1)c1nc(-c2ccc3c(N)n[nH]c3c2)c(Cl)[nH]1. The predicted octanol–water partition coefficient (Wildman–Crippen LogP) is 6.74. The van der Waals surface area contributed by atoms with E-state index in [9.17, 15) is 4.79 Å². The molecule has 1 atom stereocenters. The van der Waals surface area contributed by atoms with Gasteiger partial charge in [-0.15, -0.1) is 11.8 Å². The summed E-state index contributed by atoms with van der Waals surface area (Å²) in [7, 11) is 0. The Morgan fingerprint density at radius 2 is 1.92 bits per heavy atom. The fraction of sp³-hybridized carbons (Fsp3) is 0.179. The summed E-state index contributed by atoms with van der Waals surface area (Å²) in [6.45, 7) is 2.42. The third-order valence-corrected chi connectivity index (χ3v) is 7.73. The summed E-state index contributed by atoms with van der Waals surface area (Å²) in [4.78, 5) is 22.1. The molecule has 0 bridgehead atoms. The second kappa shape index (κ2) is 12.0. The van der Waals surface area contributed by atoms with Crippen molar-refractivity contribution in [2.45, 2.75) is 30.8 Å². The fourth-order valence-corrected chi connectivity index (χ4v) is 5.58. The first-order valence-corrected chi connectivity index (χ1v) is 14.1. The van der Waals surface area contributed by atoms with Crippen molar-refractivity contribution in [1.82, 2.24) is 30.8 Å². The van der Waals surface area contributed by atoms with E-state index in [4.69, 9.17) is 33.9 Å². The topological polar surface area (TPSA) is 125 Å². The highest BCUT2D eigenvalue weighted by molar-refractivity contribution is 7.99. The molecule has 0 aliphatic carbocycles. The van der Waals surface area contributed by atoms with Crippen LogP contribution in [0.25, 0.3) is 22.2 Å². The Kier molecular flexibility index (Phi) is 8.30. The number of aromatic amines is 2. The predicted molar refractivity (Wildman–Crippen MR) is 159 cm³/mol. The minimum Gasteiger partial charge on any atom is -0.382 e. The fourth-order valence-electron chi connectivity index (χ4n) is 4.35. The van der Waals surface area contributed by atoms with Crippen LogP contribution in [0.1, 0.15) is 29.9 Å². The third-order valence-electron chi connectivity index (χ3n) is 6.22. The normalized spacial score (nSPS) is 12.0. The van der Waals surface area contributed by atoms with Crippen molar-refractivity contribution in [1.29, 1.82) is 0 Å². The van der Waals surface area contributed by atoms with Crippen LogP contribution in [0.15, 0.2) is 71.6 Å². The molecule has 0 spiro atoms. The van der Waals surface area contributed by atoms with E-state index in [1.807, 2.05) is 66.7 Å². The average Bonchev–Trinajstić information content (AvgIpc) is 3.51. The van der Waals surface area contributed by atoms with Crippen molar-refractivity contribution in [2.75, 3.05) is 11.5 Å². The molecule has 8 nitrogen and oxygen atoms in total. The van der Waals surface area contributed by atoms with Gasteiger partial charge in [0, 0.05) is 27.4 Å². The molecule has 5 aromatic rings. The number of carbonyl (C=O) groups is 1. The second-order valence-electron chi connectivity index (χ2n) is 8.91. The van der Waals surface area contributed by atoms with E-state index >= 15 is 0 Å². The van der Waals surface area contributed by atoms with Gasteiger partial charge in [0.05, 0.1) is 11.6 Å². The number of nitrogen functional groups attached to an aromatic ring is 1. The minimum atomic E-state index is -0.464. The summed E-state index contributed by atoms with van der Waals surface area (Å²) < 4.78 is 0. The maximum Gasteiger partial charge on any atom is 0.315 e. The number of anilines is 1. The van der Waals surface area contributed by atoms with Gasteiger partial charge >= 0.3 is 6.03 Å². The Labute approximate surface area is 240 Å². The zero-order chi connectivity index (χ0) is 27.4. The molecule has 2 aromatic heterocycles. The maximum absolute atomic E-state index is 13.1. The molecule has 5 rings (SSSR count). The molecule has 39 heavy (non-hydrogen) atoms. The number of nitrogens with two attached hydrogens (primary N) is 1.